The maximum atomic E-state index is 14.7. The standard InChI is InChI=1S/C21H26FN5O3S2/c1-13-19(25-14(2)30-13)10-27-5-4-17(9-27)26(3)20-8-18(22)21(32(23,28)29)7-15(20)6-16-11-31-12-24-16/h7-8,11-12,17H,4-6,9-10H2,1-3H3,(H2,23,28,29)/t17-/m0/s1. The zero-order valence-corrected chi connectivity index (χ0v) is 19.8. The summed E-state index contributed by atoms with van der Waals surface area (Å²) >= 11 is 1.45. The number of nitrogens with zero attached hydrogens (tertiary/aromatic N) is 4. The van der Waals surface area contributed by atoms with Crippen LogP contribution in [0.25, 0.3) is 0 Å². The number of rotatable bonds is 7. The minimum absolute atomic E-state index is 0.136. The predicted molar refractivity (Wildman–Crippen MR) is 121 cm³/mol. The second kappa shape index (κ2) is 8.89. The third kappa shape index (κ3) is 4.85. The highest BCUT2D eigenvalue weighted by atomic mass is 32.2. The molecule has 4 rings (SSSR count). The van der Waals surface area contributed by atoms with Gasteiger partial charge in [0.25, 0.3) is 0 Å². The van der Waals surface area contributed by atoms with Crippen LogP contribution in [0.2, 0.25) is 0 Å². The minimum Gasteiger partial charge on any atom is -0.446 e. The quantitative estimate of drug-likeness (QED) is 0.555. The molecule has 0 unspecified atom stereocenters. The monoisotopic (exact) mass is 479 g/mol. The number of nitrogens with two attached hydrogens (primary N) is 1. The Morgan fingerprint density at radius 1 is 1.38 bits per heavy atom. The average molecular weight is 480 g/mol. The van der Waals surface area contributed by atoms with Gasteiger partial charge in [0.1, 0.15) is 16.5 Å². The number of thiazole rings is 1. The zero-order valence-electron chi connectivity index (χ0n) is 18.2. The summed E-state index contributed by atoms with van der Waals surface area (Å²) in [4.78, 5) is 12.6. The van der Waals surface area contributed by atoms with E-state index >= 15 is 0 Å². The summed E-state index contributed by atoms with van der Waals surface area (Å²) in [6.07, 6.45) is 1.28. The largest absolute Gasteiger partial charge is 0.446 e. The van der Waals surface area contributed by atoms with Crippen molar-refractivity contribution in [1.29, 1.82) is 0 Å². The van der Waals surface area contributed by atoms with Gasteiger partial charge >= 0.3 is 0 Å². The van der Waals surface area contributed by atoms with Crippen molar-refractivity contribution in [2.75, 3.05) is 25.0 Å². The van der Waals surface area contributed by atoms with Gasteiger partial charge < -0.3 is 9.32 Å². The van der Waals surface area contributed by atoms with E-state index in [4.69, 9.17) is 9.56 Å². The van der Waals surface area contributed by atoms with Crippen molar-refractivity contribution in [2.24, 2.45) is 5.14 Å². The molecule has 11 heteroatoms. The first kappa shape index (κ1) is 22.8. The molecule has 0 aliphatic carbocycles. The minimum atomic E-state index is -4.18. The molecule has 0 saturated carbocycles. The lowest BCUT2D eigenvalue weighted by molar-refractivity contribution is 0.320. The van der Waals surface area contributed by atoms with E-state index in [0.29, 0.717) is 30.1 Å². The van der Waals surface area contributed by atoms with Gasteiger partial charge in [-0.15, -0.1) is 11.3 Å². The molecule has 32 heavy (non-hydrogen) atoms. The van der Waals surface area contributed by atoms with Crippen molar-refractivity contribution in [3.63, 3.8) is 0 Å². The summed E-state index contributed by atoms with van der Waals surface area (Å²) in [5, 5.41) is 7.13. The summed E-state index contributed by atoms with van der Waals surface area (Å²) in [5.74, 6) is 0.632. The Morgan fingerprint density at radius 2 is 2.16 bits per heavy atom. The molecule has 3 heterocycles. The van der Waals surface area contributed by atoms with Crippen LogP contribution in [0.4, 0.5) is 10.1 Å². The Hall–Kier alpha value is -2.34. The van der Waals surface area contributed by atoms with Gasteiger partial charge in [0.2, 0.25) is 10.0 Å². The molecule has 8 nitrogen and oxygen atoms in total. The van der Waals surface area contributed by atoms with Gasteiger partial charge in [-0.1, -0.05) is 0 Å². The lowest BCUT2D eigenvalue weighted by Crippen LogP contribution is -2.35. The van der Waals surface area contributed by atoms with E-state index in [1.54, 1.807) is 5.51 Å². The molecule has 0 radical (unpaired) electrons. The number of aryl methyl sites for hydroxylation is 2. The fourth-order valence-corrected chi connectivity index (χ4v) is 5.39. The van der Waals surface area contributed by atoms with Crippen molar-refractivity contribution in [3.05, 3.63) is 57.4 Å². The fraction of sp³-hybridized carbons (Fsp3) is 0.429. The first-order valence-corrected chi connectivity index (χ1v) is 12.7. The van der Waals surface area contributed by atoms with Crippen LogP contribution in [0.1, 0.15) is 35.0 Å². The summed E-state index contributed by atoms with van der Waals surface area (Å²) in [6.45, 7) is 6.09. The second-order valence-electron chi connectivity index (χ2n) is 8.14. The first-order valence-electron chi connectivity index (χ1n) is 10.2. The van der Waals surface area contributed by atoms with Gasteiger partial charge in [-0.3, -0.25) is 4.90 Å². The van der Waals surface area contributed by atoms with Crippen LogP contribution in [0.3, 0.4) is 0 Å². The van der Waals surface area contributed by atoms with Crippen LogP contribution in [0.15, 0.2) is 32.3 Å². The average Bonchev–Trinajstić information content (AvgIpc) is 3.44. The number of primary sulfonamides is 1. The molecule has 3 aromatic rings. The lowest BCUT2D eigenvalue weighted by atomic mass is 10.1. The number of likely N-dealkylation sites (tertiary alicyclic amines) is 1. The number of hydrogen-bond acceptors (Lipinski definition) is 8. The van der Waals surface area contributed by atoms with Crippen LogP contribution >= 0.6 is 11.3 Å². The number of halogens is 1. The van der Waals surface area contributed by atoms with Gasteiger partial charge in [-0.05, 0) is 31.0 Å². The van der Waals surface area contributed by atoms with Crippen LogP contribution in [0, 0.1) is 19.7 Å². The second-order valence-corrected chi connectivity index (χ2v) is 10.4. The van der Waals surface area contributed by atoms with E-state index in [1.165, 1.54) is 23.5 Å². The maximum absolute atomic E-state index is 14.7. The number of benzene rings is 1. The van der Waals surface area contributed by atoms with Crippen molar-refractivity contribution in [2.45, 2.75) is 44.2 Å². The van der Waals surface area contributed by atoms with Crippen LogP contribution in [-0.2, 0) is 23.0 Å². The van der Waals surface area contributed by atoms with E-state index in [0.717, 1.165) is 36.7 Å². The Bertz CT molecular complexity index is 1210. The number of likely N-dealkylation sites (N-methyl/N-ethyl adjacent to an activating group) is 1. The van der Waals surface area contributed by atoms with Crippen molar-refractivity contribution in [3.8, 4) is 0 Å². The van der Waals surface area contributed by atoms with Gasteiger partial charge in [0.15, 0.2) is 5.89 Å². The molecule has 1 aromatic carbocycles. The molecule has 1 aliphatic heterocycles. The van der Waals surface area contributed by atoms with Crippen LogP contribution in [-0.4, -0.2) is 49.5 Å². The fourth-order valence-electron chi connectivity index (χ4n) is 4.19. The number of anilines is 1. The summed E-state index contributed by atoms with van der Waals surface area (Å²) < 4.78 is 44.0. The molecule has 0 bridgehead atoms. The number of aromatic nitrogens is 2. The molecular formula is C21H26FN5O3S2. The SMILES string of the molecule is Cc1nc(CN2CC[C@H](N(C)c3cc(F)c(S(N)(=O)=O)cc3Cc3cscn3)C2)c(C)o1. The van der Waals surface area contributed by atoms with Gasteiger partial charge in [0, 0.05) is 57.1 Å². The molecule has 1 fully saturated rings. The molecule has 2 aromatic heterocycles. The molecule has 1 aliphatic rings. The molecule has 1 saturated heterocycles. The Labute approximate surface area is 190 Å². The molecule has 0 spiro atoms. The van der Waals surface area contributed by atoms with E-state index in [-0.39, 0.29) is 6.04 Å². The molecule has 1 atom stereocenters. The Morgan fingerprint density at radius 3 is 2.78 bits per heavy atom. The van der Waals surface area contributed by atoms with Crippen molar-refractivity contribution in [1.82, 2.24) is 14.9 Å². The maximum Gasteiger partial charge on any atom is 0.240 e. The predicted octanol–water partition coefficient (Wildman–Crippen LogP) is 2.84. The molecular weight excluding hydrogens is 453 g/mol. The van der Waals surface area contributed by atoms with E-state index in [2.05, 4.69) is 14.9 Å². The molecule has 2 N–H and O–H groups in total. The molecule has 172 valence electrons. The third-order valence-electron chi connectivity index (χ3n) is 5.84. The number of hydrogen-bond donors (Lipinski definition) is 1. The van der Waals surface area contributed by atoms with Gasteiger partial charge in [0.05, 0.1) is 16.9 Å². The lowest BCUT2D eigenvalue weighted by Gasteiger charge is -2.29. The van der Waals surface area contributed by atoms with Gasteiger partial charge in [-0.25, -0.2) is 27.9 Å². The first-order chi connectivity index (χ1) is 15.1. The highest BCUT2D eigenvalue weighted by molar-refractivity contribution is 7.89. The Kier molecular flexibility index (Phi) is 6.35. The highest BCUT2D eigenvalue weighted by Gasteiger charge is 2.29. The highest BCUT2D eigenvalue weighted by Crippen LogP contribution is 2.31. The van der Waals surface area contributed by atoms with Crippen LogP contribution in [0.5, 0.6) is 0 Å². The van der Waals surface area contributed by atoms with E-state index in [1.807, 2.05) is 31.2 Å². The zero-order chi connectivity index (χ0) is 23.0. The topological polar surface area (TPSA) is 106 Å². The Balaban J connectivity index is 1.59. The number of sulfonamides is 1. The number of oxazole rings is 1. The third-order valence-corrected chi connectivity index (χ3v) is 7.40. The molecule has 0 amide bonds. The van der Waals surface area contributed by atoms with Crippen LogP contribution < -0.4 is 10.0 Å². The van der Waals surface area contributed by atoms with Crippen molar-refractivity contribution >= 4 is 27.0 Å². The summed E-state index contributed by atoms with van der Waals surface area (Å²) in [5.41, 5.74) is 4.75. The summed E-state index contributed by atoms with van der Waals surface area (Å²) in [6, 6.07) is 2.75. The van der Waals surface area contributed by atoms with E-state index in [9.17, 15) is 12.8 Å². The smallest absolute Gasteiger partial charge is 0.240 e. The summed E-state index contributed by atoms with van der Waals surface area (Å²) in [7, 11) is -2.26. The van der Waals surface area contributed by atoms with Crippen molar-refractivity contribution < 1.29 is 17.2 Å². The van der Waals surface area contributed by atoms with Gasteiger partial charge in [-0.2, -0.15) is 0 Å². The normalized spacial score (nSPS) is 17.2. The van der Waals surface area contributed by atoms with E-state index < -0.39 is 20.7 Å².